The number of fused-ring (bicyclic) bond motifs is 1. The monoisotopic (exact) mass is 502 g/mol. The Labute approximate surface area is 204 Å². The molecule has 3 aromatic rings. The third-order valence-electron chi connectivity index (χ3n) is 6.71. The van der Waals surface area contributed by atoms with Gasteiger partial charge < -0.3 is 18.5 Å². The average Bonchev–Trinajstić information content (AvgIpc) is 3.20. The van der Waals surface area contributed by atoms with Gasteiger partial charge in [-0.25, -0.2) is 8.42 Å². The van der Waals surface area contributed by atoms with E-state index in [9.17, 15) is 13.2 Å². The van der Waals surface area contributed by atoms with Gasteiger partial charge in [-0.1, -0.05) is 0 Å². The van der Waals surface area contributed by atoms with Crippen molar-refractivity contribution in [3.8, 4) is 16.9 Å². The van der Waals surface area contributed by atoms with Crippen molar-refractivity contribution in [3.63, 3.8) is 0 Å². The van der Waals surface area contributed by atoms with E-state index in [4.69, 9.17) is 13.9 Å². The average molecular weight is 503 g/mol. The number of rotatable bonds is 7. The van der Waals surface area contributed by atoms with Crippen molar-refractivity contribution < 1.29 is 22.3 Å². The molecular weight excluding hydrogens is 472 g/mol. The van der Waals surface area contributed by atoms with Crippen molar-refractivity contribution in [1.82, 2.24) is 18.8 Å². The molecule has 1 atom stereocenters. The van der Waals surface area contributed by atoms with Gasteiger partial charge in [-0.2, -0.15) is 4.31 Å². The molecule has 0 N–H and O–H groups in total. The van der Waals surface area contributed by atoms with E-state index in [1.165, 1.54) is 10.6 Å². The van der Waals surface area contributed by atoms with Gasteiger partial charge in [-0.3, -0.25) is 14.7 Å². The molecule has 35 heavy (non-hydrogen) atoms. The van der Waals surface area contributed by atoms with Gasteiger partial charge in [0.1, 0.15) is 17.1 Å². The molecule has 2 aliphatic heterocycles. The van der Waals surface area contributed by atoms with Gasteiger partial charge in [0.15, 0.2) is 0 Å². The SMILES string of the molecule is C[C@@H]1CN(S(C)(=O)=O)CCN1Cc1cc2c(=O)n(C)cc(-c3ccncc3OCC3COC3)c2o1. The number of sulfonamides is 1. The zero-order valence-electron chi connectivity index (χ0n) is 20.1. The first-order chi connectivity index (χ1) is 16.7. The summed E-state index contributed by atoms with van der Waals surface area (Å²) in [5.41, 5.74) is 1.92. The van der Waals surface area contributed by atoms with Gasteiger partial charge in [0.25, 0.3) is 5.56 Å². The number of furan rings is 1. The molecule has 0 radical (unpaired) electrons. The molecule has 2 aliphatic rings. The fourth-order valence-corrected chi connectivity index (χ4v) is 5.48. The molecule has 11 heteroatoms. The number of hydrogen-bond donors (Lipinski definition) is 0. The molecule has 0 amide bonds. The Hall–Kier alpha value is -2.73. The summed E-state index contributed by atoms with van der Waals surface area (Å²) in [5.74, 6) is 1.65. The van der Waals surface area contributed by atoms with Crippen LogP contribution in [0.1, 0.15) is 12.7 Å². The van der Waals surface area contributed by atoms with Crippen LogP contribution in [0.5, 0.6) is 5.75 Å². The van der Waals surface area contributed by atoms with Crippen LogP contribution in [0.2, 0.25) is 0 Å². The Morgan fingerprint density at radius 1 is 1.23 bits per heavy atom. The van der Waals surface area contributed by atoms with Crippen LogP contribution in [0.4, 0.5) is 0 Å². The Morgan fingerprint density at radius 3 is 2.71 bits per heavy atom. The Balaban J connectivity index is 1.45. The van der Waals surface area contributed by atoms with Crippen molar-refractivity contribution in [2.45, 2.75) is 19.5 Å². The van der Waals surface area contributed by atoms with Crippen molar-refractivity contribution in [3.05, 3.63) is 46.8 Å². The maximum Gasteiger partial charge on any atom is 0.261 e. The number of hydrogen-bond acceptors (Lipinski definition) is 8. The van der Waals surface area contributed by atoms with E-state index < -0.39 is 10.0 Å². The first-order valence-electron chi connectivity index (χ1n) is 11.7. The number of aryl methyl sites for hydroxylation is 1. The van der Waals surface area contributed by atoms with Gasteiger partial charge in [0.05, 0.1) is 44.2 Å². The Bertz CT molecular complexity index is 1390. The second-order valence-corrected chi connectivity index (χ2v) is 11.4. The highest BCUT2D eigenvalue weighted by atomic mass is 32.2. The minimum atomic E-state index is -3.22. The molecule has 3 aromatic heterocycles. The fourth-order valence-electron chi connectivity index (χ4n) is 4.58. The van der Waals surface area contributed by atoms with Gasteiger partial charge in [0, 0.05) is 62.2 Å². The molecule has 0 aliphatic carbocycles. The largest absolute Gasteiger partial charge is 0.491 e. The van der Waals surface area contributed by atoms with Gasteiger partial charge >= 0.3 is 0 Å². The predicted octanol–water partition coefficient (Wildman–Crippen LogP) is 1.68. The molecule has 2 fully saturated rings. The third-order valence-corrected chi connectivity index (χ3v) is 7.98. The highest BCUT2D eigenvalue weighted by Gasteiger charge is 2.29. The van der Waals surface area contributed by atoms with E-state index in [-0.39, 0.29) is 11.6 Å². The molecule has 10 nitrogen and oxygen atoms in total. The normalized spacial score (nSPS) is 20.3. The van der Waals surface area contributed by atoms with Crippen LogP contribution in [-0.2, 0) is 28.4 Å². The smallest absolute Gasteiger partial charge is 0.261 e. The number of piperazine rings is 1. The van der Waals surface area contributed by atoms with Crippen LogP contribution in [0, 0.1) is 5.92 Å². The summed E-state index contributed by atoms with van der Waals surface area (Å²) < 4.78 is 44.4. The van der Waals surface area contributed by atoms with Crippen LogP contribution in [0.15, 0.2) is 39.9 Å². The van der Waals surface area contributed by atoms with Crippen molar-refractivity contribution in [2.75, 3.05) is 45.7 Å². The maximum atomic E-state index is 12.9. The molecule has 0 unspecified atom stereocenters. The maximum absolute atomic E-state index is 12.9. The highest BCUT2D eigenvalue weighted by Crippen LogP contribution is 2.35. The highest BCUT2D eigenvalue weighted by molar-refractivity contribution is 7.88. The molecule has 0 spiro atoms. The zero-order valence-corrected chi connectivity index (χ0v) is 21.0. The van der Waals surface area contributed by atoms with Crippen molar-refractivity contribution >= 4 is 21.0 Å². The van der Waals surface area contributed by atoms with Crippen LogP contribution in [-0.4, -0.2) is 78.9 Å². The lowest BCUT2D eigenvalue weighted by Gasteiger charge is -2.38. The second kappa shape index (κ2) is 9.38. The minimum absolute atomic E-state index is 0.0182. The van der Waals surface area contributed by atoms with Gasteiger partial charge in [-0.05, 0) is 19.1 Å². The number of nitrogens with zero attached hydrogens (tertiary/aromatic N) is 4. The Kier molecular flexibility index (Phi) is 6.43. The minimum Gasteiger partial charge on any atom is -0.491 e. The first-order valence-corrected chi connectivity index (χ1v) is 13.5. The molecule has 0 saturated carbocycles. The molecule has 5 rings (SSSR count). The molecule has 2 saturated heterocycles. The summed E-state index contributed by atoms with van der Waals surface area (Å²) in [4.78, 5) is 19.3. The van der Waals surface area contributed by atoms with Crippen LogP contribution < -0.4 is 10.3 Å². The quantitative estimate of drug-likeness (QED) is 0.480. The summed E-state index contributed by atoms with van der Waals surface area (Å²) >= 11 is 0. The van der Waals surface area contributed by atoms with E-state index >= 15 is 0 Å². The summed E-state index contributed by atoms with van der Waals surface area (Å²) in [6.07, 6.45) is 6.38. The third kappa shape index (κ3) is 4.86. The number of ether oxygens (including phenoxy) is 2. The lowest BCUT2D eigenvalue weighted by atomic mass is 10.1. The number of pyridine rings is 2. The summed E-state index contributed by atoms with van der Waals surface area (Å²) in [6.45, 7) is 5.85. The van der Waals surface area contributed by atoms with Gasteiger partial charge in [-0.15, -0.1) is 0 Å². The van der Waals surface area contributed by atoms with E-state index in [2.05, 4.69) is 9.88 Å². The van der Waals surface area contributed by atoms with E-state index in [0.29, 0.717) is 74.4 Å². The lowest BCUT2D eigenvalue weighted by Crippen LogP contribution is -2.52. The standard InChI is InChI=1S/C24H30N4O6S/c1-16-10-28(35(3,30)31)7-6-27(16)11-18-8-20-23(34-18)21(12-26(2)24(20)29)19-4-5-25-9-22(19)33-15-17-13-32-14-17/h4-5,8-9,12,16-17H,6-7,10-11,13-15H2,1-3H3/t16-/m1/s1. The zero-order chi connectivity index (χ0) is 24.7. The van der Waals surface area contributed by atoms with Crippen LogP contribution in [0.25, 0.3) is 22.1 Å². The van der Waals surface area contributed by atoms with Crippen molar-refractivity contribution in [1.29, 1.82) is 0 Å². The molecule has 0 aromatic carbocycles. The van der Waals surface area contributed by atoms with Crippen LogP contribution in [0.3, 0.4) is 0 Å². The Morgan fingerprint density at radius 2 is 2.03 bits per heavy atom. The van der Waals surface area contributed by atoms with Crippen LogP contribution >= 0.6 is 0 Å². The fraction of sp³-hybridized carbons (Fsp3) is 0.500. The summed E-state index contributed by atoms with van der Waals surface area (Å²) in [7, 11) is -1.50. The second-order valence-electron chi connectivity index (χ2n) is 9.44. The molecular formula is C24H30N4O6S. The lowest BCUT2D eigenvalue weighted by molar-refractivity contribution is -0.0508. The summed E-state index contributed by atoms with van der Waals surface area (Å²) in [5, 5.41) is 0.498. The first kappa shape index (κ1) is 24.0. The molecule has 0 bridgehead atoms. The topological polar surface area (TPSA) is 107 Å². The summed E-state index contributed by atoms with van der Waals surface area (Å²) in [6, 6.07) is 3.68. The number of aromatic nitrogens is 2. The molecule has 188 valence electrons. The predicted molar refractivity (Wildman–Crippen MR) is 131 cm³/mol. The van der Waals surface area contributed by atoms with E-state index in [1.54, 1.807) is 36.3 Å². The van der Waals surface area contributed by atoms with Gasteiger partial charge in [0.2, 0.25) is 10.0 Å². The van der Waals surface area contributed by atoms with Crippen molar-refractivity contribution in [2.24, 2.45) is 13.0 Å². The molecule has 5 heterocycles. The van der Waals surface area contributed by atoms with E-state index in [0.717, 1.165) is 11.1 Å². The van der Waals surface area contributed by atoms with E-state index in [1.807, 2.05) is 13.0 Å².